The molecule has 0 amide bonds. The predicted molar refractivity (Wildman–Crippen MR) is 71.2 cm³/mol. The first-order valence-electron chi connectivity index (χ1n) is 6.29. The zero-order chi connectivity index (χ0) is 11.2. The van der Waals surface area contributed by atoms with Crippen molar-refractivity contribution in [3.8, 4) is 0 Å². The van der Waals surface area contributed by atoms with Crippen molar-refractivity contribution in [3.63, 3.8) is 0 Å². The molecule has 1 fully saturated rings. The average molecular weight is 238 g/mol. The molecule has 1 aromatic rings. The highest BCUT2D eigenvalue weighted by Gasteiger charge is 2.19. The van der Waals surface area contributed by atoms with Gasteiger partial charge in [-0.05, 0) is 57.3 Å². The summed E-state index contributed by atoms with van der Waals surface area (Å²) in [7, 11) is 2.23. The lowest BCUT2D eigenvalue weighted by atomic mass is 10.3. The Balaban J connectivity index is 1.48. The molecule has 0 radical (unpaired) electrons. The predicted octanol–water partition coefficient (Wildman–Crippen LogP) is 2.36. The molecule has 1 saturated carbocycles. The van der Waals surface area contributed by atoms with Crippen LogP contribution in [0.4, 0.5) is 0 Å². The van der Waals surface area contributed by atoms with Crippen LogP contribution in [0.25, 0.3) is 0 Å². The smallest absolute Gasteiger partial charge is 0.00682 e. The molecule has 0 aliphatic heterocycles. The van der Waals surface area contributed by atoms with Gasteiger partial charge in [0.25, 0.3) is 0 Å². The quantitative estimate of drug-likeness (QED) is 0.700. The fraction of sp³-hybridized carbons (Fsp3) is 0.692. The normalized spacial score (nSPS) is 15.9. The summed E-state index contributed by atoms with van der Waals surface area (Å²) in [5.41, 5.74) is 0. The van der Waals surface area contributed by atoms with E-state index in [0.717, 1.165) is 6.04 Å². The van der Waals surface area contributed by atoms with Crippen LogP contribution in [0, 0.1) is 0 Å². The highest BCUT2D eigenvalue weighted by molar-refractivity contribution is 7.09. The molecular weight excluding hydrogens is 216 g/mol. The van der Waals surface area contributed by atoms with Crippen molar-refractivity contribution in [1.29, 1.82) is 0 Å². The van der Waals surface area contributed by atoms with E-state index in [-0.39, 0.29) is 0 Å². The van der Waals surface area contributed by atoms with Crippen molar-refractivity contribution in [2.45, 2.75) is 31.7 Å². The lowest BCUT2D eigenvalue weighted by Gasteiger charge is -2.15. The van der Waals surface area contributed by atoms with E-state index in [0.29, 0.717) is 0 Å². The number of thiophene rings is 1. The summed E-state index contributed by atoms with van der Waals surface area (Å²) in [5.74, 6) is 0. The topological polar surface area (TPSA) is 15.3 Å². The van der Waals surface area contributed by atoms with Gasteiger partial charge in [0, 0.05) is 17.5 Å². The minimum atomic E-state index is 0.858. The van der Waals surface area contributed by atoms with Crippen LogP contribution < -0.4 is 5.32 Å². The number of nitrogens with one attached hydrogen (secondary N) is 1. The van der Waals surface area contributed by atoms with E-state index < -0.39 is 0 Å². The van der Waals surface area contributed by atoms with Crippen molar-refractivity contribution < 1.29 is 0 Å². The van der Waals surface area contributed by atoms with E-state index in [9.17, 15) is 0 Å². The average Bonchev–Trinajstić information content (AvgIpc) is 2.96. The van der Waals surface area contributed by atoms with E-state index in [1.54, 1.807) is 0 Å². The van der Waals surface area contributed by atoms with Crippen LogP contribution in [0.2, 0.25) is 0 Å². The summed E-state index contributed by atoms with van der Waals surface area (Å²) < 4.78 is 0. The second-order valence-electron chi connectivity index (χ2n) is 4.71. The number of likely N-dealkylation sites (N-methyl/N-ethyl adjacent to an activating group) is 1. The molecular formula is C13H22N2S. The Bertz CT molecular complexity index is 280. The lowest BCUT2D eigenvalue weighted by molar-refractivity contribution is 0.331. The molecule has 90 valence electrons. The molecule has 2 rings (SSSR count). The largest absolute Gasteiger partial charge is 0.314 e. The van der Waals surface area contributed by atoms with Crippen molar-refractivity contribution in [2.75, 3.05) is 26.7 Å². The molecule has 2 nitrogen and oxygen atoms in total. The minimum Gasteiger partial charge on any atom is -0.314 e. The molecule has 0 atom stereocenters. The monoisotopic (exact) mass is 238 g/mol. The van der Waals surface area contributed by atoms with E-state index in [1.165, 1.54) is 50.2 Å². The van der Waals surface area contributed by atoms with Crippen LogP contribution in [-0.4, -0.2) is 37.6 Å². The molecule has 1 N–H and O–H groups in total. The second kappa shape index (κ2) is 6.38. The van der Waals surface area contributed by atoms with E-state index >= 15 is 0 Å². The van der Waals surface area contributed by atoms with Crippen LogP contribution >= 0.6 is 11.3 Å². The fourth-order valence-corrected chi connectivity index (χ4v) is 2.51. The first kappa shape index (κ1) is 12.1. The third kappa shape index (κ3) is 4.64. The maximum atomic E-state index is 3.56. The van der Waals surface area contributed by atoms with Gasteiger partial charge >= 0.3 is 0 Å². The van der Waals surface area contributed by atoms with E-state index in [1.807, 2.05) is 11.3 Å². The third-order valence-electron chi connectivity index (χ3n) is 3.05. The Kier molecular flexibility index (Phi) is 4.82. The molecule has 16 heavy (non-hydrogen) atoms. The molecule has 1 heterocycles. The molecule has 1 aromatic heterocycles. The molecule has 3 heteroatoms. The standard InChI is InChI=1S/C13H22N2S/c1-15(9-3-8-14-12-5-6-12)10-7-13-4-2-11-16-13/h2,4,11-12,14H,3,5-10H2,1H3. The summed E-state index contributed by atoms with van der Waals surface area (Å²) in [6, 6.07) is 5.23. The highest BCUT2D eigenvalue weighted by atomic mass is 32.1. The van der Waals surface area contributed by atoms with Gasteiger partial charge in [-0.3, -0.25) is 0 Å². The SMILES string of the molecule is CN(CCCNC1CC1)CCc1cccs1. The molecule has 0 bridgehead atoms. The Hall–Kier alpha value is -0.380. The molecule has 0 saturated heterocycles. The van der Waals surface area contributed by atoms with Gasteiger partial charge in [-0.15, -0.1) is 11.3 Å². The van der Waals surface area contributed by atoms with Crippen LogP contribution in [0.1, 0.15) is 24.1 Å². The third-order valence-corrected chi connectivity index (χ3v) is 3.98. The van der Waals surface area contributed by atoms with Gasteiger partial charge in [-0.1, -0.05) is 6.07 Å². The Labute approximate surface area is 103 Å². The number of rotatable bonds is 8. The Morgan fingerprint density at radius 2 is 2.31 bits per heavy atom. The van der Waals surface area contributed by atoms with Crippen LogP contribution in [0.5, 0.6) is 0 Å². The molecule has 0 unspecified atom stereocenters. The van der Waals surface area contributed by atoms with Gasteiger partial charge in [0.15, 0.2) is 0 Å². The highest BCUT2D eigenvalue weighted by Crippen LogP contribution is 2.18. The van der Waals surface area contributed by atoms with Crippen LogP contribution in [0.15, 0.2) is 17.5 Å². The fourth-order valence-electron chi connectivity index (χ4n) is 1.81. The number of nitrogens with zero attached hydrogens (tertiary/aromatic N) is 1. The van der Waals surface area contributed by atoms with Gasteiger partial charge in [0.05, 0.1) is 0 Å². The van der Waals surface area contributed by atoms with Gasteiger partial charge in [0.1, 0.15) is 0 Å². The lowest BCUT2D eigenvalue weighted by Crippen LogP contribution is -2.26. The summed E-state index contributed by atoms with van der Waals surface area (Å²) in [5, 5.41) is 5.72. The molecule has 1 aliphatic rings. The van der Waals surface area contributed by atoms with E-state index in [2.05, 4.69) is 34.8 Å². The molecule has 0 aromatic carbocycles. The van der Waals surface area contributed by atoms with Crippen molar-refractivity contribution in [1.82, 2.24) is 10.2 Å². The zero-order valence-corrected chi connectivity index (χ0v) is 10.9. The van der Waals surface area contributed by atoms with Gasteiger partial charge in [0.2, 0.25) is 0 Å². The maximum absolute atomic E-state index is 3.56. The van der Waals surface area contributed by atoms with Crippen LogP contribution in [-0.2, 0) is 6.42 Å². The first-order valence-corrected chi connectivity index (χ1v) is 7.17. The zero-order valence-electron chi connectivity index (χ0n) is 10.1. The summed E-state index contributed by atoms with van der Waals surface area (Å²) in [6.07, 6.45) is 5.27. The van der Waals surface area contributed by atoms with Crippen LogP contribution in [0.3, 0.4) is 0 Å². The first-order chi connectivity index (χ1) is 7.84. The second-order valence-corrected chi connectivity index (χ2v) is 5.75. The van der Waals surface area contributed by atoms with Crippen molar-refractivity contribution in [3.05, 3.63) is 22.4 Å². The number of hydrogen-bond acceptors (Lipinski definition) is 3. The summed E-state index contributed by atoms with van der Waals surface area (Å²) >= 11 is 1.87. The Morgan fingerprint density at radius 1 is 1.44 bits per heavy atom. The van der Waals surface area contributed by atoms with Gasteiger partial charge in [-0.25, -0.2) is 0 Å². The van der Waals surface area contributed by atoms with Gasteiger partial charge in [-0.2, -0.15) is 0 Å². The van der Waals surface area contributed by atoms with Crippen molar-refractivity contribution in [2.24, 2.45) is 0 Å². The molecule has 0 spiro atoms. The Morgan fingerprint density at radius 3 is 3.00 bits per heavy atom. The maximum Gasteiger partial charge on any atom is 0.00682 e. The minimum absolute atomic E-state index is 0.858. The summed E-state index contributed by atoms with van der Waals surface area (Å²) in [4.78, 5) is 3.94. The summed E-state index contributed by atoms with van der Waals surface area (Å²) in [6.45, 7) is 3.59. The van der Waals surface area contributed by atoms with Crippen molar-refractivity contribution >= 4 is 11.3 Å². The van der Waals surface area contributed by atoms with Gasteiger partial charge < -0.3 is 10.2 Å². The molecule has 1 aliphatic carbocycles. The van der Waals surface area contributed by atoms with E-state index in [4.69, 9.17) is 0 Å². The number of hydrogen-bond donors (Lipinski definition) is 1.